The average Bonchev–Trinajstić information content (AvgIpc) is 2.51. The van der Waals surface area contributed by atoms with E-state index in [0.29, 0.717) is 23.7 Å². The van der Waals surface area contributed by atoms with Gasteiger partial charge in [0.25, 0.3) is 0 Å². The van der Waals surface area contributed by atoms with Crippen molar-refractivity contribution in [2.75, 3.05) is 23.4 Å². The van der Waals surface area contributed by atoms with Crippen LogP contribution in [-0.4, -0.2) is 31.6 Å². The fourth-order valence-electron chi connectivity index (χ4n) is 1.93. The summed E-state index contributed by atoms with van der Waals surface area (Å²) in [5.41, 5.74) is 6.93. The van der Waals surface area contributed by atoms with Crippen LogP contribution in [0.15, 0.2) is 29.2 Å². The van der Waals surface area contributed by atoms with Crippen molar-refractivity contribution in [3.05, 3.63) is 35.4 Å². The monoisotopic (exact) mass is 335 g/mol. The molecule has 0 bridgehead atoms. The number of rotatable bonds is 6. The number of sulfonamides is 1. The number of nitrogens with zero attached hydrogens (tertiary/aromatic N) is 2. The number of nitrogens with two attached hydrogens (primary N) is 2. The number of nitrogen functional groups attached to an aromatic ring is 1. The Kier molecular flexibility index (Phi) is 4.77. The second-order valence-corrected chi connectivity index (χ2v) is 6.19. The molecule has 1 heterocycles. The Bertz CT molecular complexity index is 819. The summed E-state index contributed by atoms with van der Waals surface area (Å²) in [6.07, 6.45) is 1.12. The summed E-state index contributed by atoms with van der Waals surface area (Å²) in [7, 11) is -2.04. The zero-order valence-electron chi connectivity index (χ0n) is 12.4. The van der Waals surface area contributed by atoms with Gasteiger partial charge in [-0.2, -0.15) is 9.97 Å². The van der Waals surface area contributed by atoms with Gasteiger partial charge in [-0.15, -0.1) is 0 Å². The molecular formula is C13H17N7O2S. The Balaban J connectivity index is 2.21. The van der Waals surface area contributed by atoms with Gasteiger partial charge in [0, 0.05) is 19.8 Å². The molecule has 9 nitrogen and oxygen atoms in total. The first-order valence-electron chi connectivity index (χ1n) is 6.56. The van der Waals surface area contributed by atoms with Crippen molar-refractivity contribution in [1.82, 2.24) is 9.97 Å². The minimum atomic E-state index is -3.71. The van der Waals surface area contributed by atoms with Crippen LogP contribution < -0.4 is 21.5 Å². The minimum Gasteiger partial charge on any atom is -0.372 e. The maximum Gasteiger partial charge on any atom is 0.238 e. The van der Waals surface area contributed by atoms with Crippen LogP contribution in [0.3, 0.4) is 0 Å². The van der Waals surface area contributed by atoms with Crippen LogP contribution in [0.25, 0.3) is 0 Å². The third-order valence-corrected chi connectivity index (χ3v) is 3.99. The van der Waals surface area contributed by atoms with Gasteiger partial charge in [-0.1, -0.05) is 12.1 Å². The van der Waals surface area contributed by atoms with Crippen LogP contribution in [0.2, 0.25) is 0 Å². The largest absolute Gasteiger partial charge is 0.372 e. The molecule has 0 radical (unpaired) electrons. The molecule has 0 saturated carbocycles. The Morgan fingerprint density at radius 3 is 2.35 bits per heavy atom. The third kappa shape index (κ3) is 3.93. The molecule has 0 atom stereocenters. The summed E-state index contributed by atoms with van der Waals surface area (Å²) in [5.74, 6) is 0.930. The van der Waals surface area contributed by atoms with E-state index in [0.717, 1.165) is 11.8 Å². The van der Waals surface area contributed by atoms with Crippen LogP contribution in [0.1, 0.15) is 11.1 Å². The highest BCUT2D eigenvalue weighted by Gasteiger charge is 2.11. The molecule has 2 rings (SSSR count). The topological polar surface area (TPSA) is 160 Å². The van der Waals surface area contributed by atoms with Gasteiger partial charge in [0.05, 0.1) is 10.5 Å². The van der Waals surface area contributed by atoms with Crippen molar-refractivity contribution in [2.45, 2.75) is 11.4 Å². The Hall–Kier alpha value is -2.72. The fraction of sp³-hybridized carbons (Fsp3) is 0.154. The Labute approximate surface area is 133 Å². The SMILES string of the molecule is CNc1nc(N)nc(NCc2ccc(S(N)(=O)=O)cc2)c1C=N. The van der Waals surface area contributed by atoms with E-state index in [-0.39, 0.29) is 10.8 Å². The molecule has 122 valence electrons. The second-order valence-electron chi connectivity index (χ2n) is 4.63. The summed E-state index contributed by atoms with van der Waals surface area (Å²) in [6.45, 7) is 0.366. The molecule has 10 heteroatoms. The van der Waals surface area contributed by atoms with Crippen LogP contribution in [0.5, 0.6) is 0 Å². The fourth-order valence-corrected chi connectivity index (χ4v) is 2.45. The molecule has 0 aliphatic carbocycles. The zero-order valence-corrected chi connectivity index (χ0v) is 13.2. The van der Waals surface area contributed by atoms with E-state index < -0.39 is 10.0 Å². The molecule has 1 aromatic carbocycles. The predicted octanol–water partition coefficient (Wildman–Crippen LogP) is 0.358. The first-order chi connectivity index (χ1) is 10.8. The molecule has 1 aromatic heterocycles. The van der Waals surface area contributed by atoms with Crippen LogP contribution in [-0.2, 0) is 16.6 Å². The van der Waals surface area contributed by atoms with Gasteiger partial charge in [0.1, 0.15) is 11.6 Å². The maximum atomic E-state index is 11.2. The summed E-state index contributed by atoms with van der Waals surface area (Å²) >= 11 is 0. The van der Waals surface area contributed by atoms with Gasteiger partial charge in [-0.25, -0.2) is 13.6 Å². The number of primary sulfonamides is 1. The lowest BCUT2D eigenvalue weighted by molar-refractivity contribution is 0.598. The van der Waals surface area contributed by atoms with Gasteiger partial charge in [-0.3, -0.25) is 0 Å². The molecule has 0 aliphatic heterocycles. The Morgan fingerprint density at radius 2 is 1.83 bits per heavy atom. The first kappa shape index (κ1) is 16.6. The number of benzene rings is 1. The smallest absolute Gasteiger partial charge is 0.238 e. The van der Waals surface area contributed by atoms with E-state index in [1.54, 1.807) is 19.2 Å². The lowest BCUT2D eigenvalue weighted by atomic mass is 10.2. The van der Waals surface area contributed by atoms with Crippen molar-refractivity contribution in [3.63, 3.8) is 0 Å². The van der Waals surface area contributed by atoms with Crippen LogP contribution >= 0.6 is 0 Å². The zero-order chi connectivity index (χ0) is 17.0. The van der Waals surface area contributed by atoms with E-state index in [2.05, 4.69) is 20.6 Å². The summed E-state index contributed by atoms with van der Waals surface area (Å²) in [5, 5.41) is 18.4. The number of hydrogen-bond donors (Lipinski definition) is 5. The van der Waals surface area contributed by atoms with Crippen molar-refractivity contribution >= 4 is 33.8 Å². The first-order valence-corrected chi connectivity index (χ1v) is 8.11. The molecule has 0 unspecified atom stereocenters. The van der Waals surface area contributed by atoms with E-state index in [4.69, 9.17) is 16.3 Å². The highest BCUT2D eigenvalue weighted by Crippen LogP contribution is 2.20. The molecule has 23 heavy (non-hydrogen) atoms. The van der Waals surface area contributed by atoms with E-state index >= 15 is 0 Å². The number of anilines is 3. The summed E-state index contributed by atoms with van der Waals surface area (Å²) in [6, 6.07) is 6.13. The van der Waals surface area contributed by atoms with E-state index in [1.165, 1.54) is 12.1 Å². The van der Waals surface area contributed by atoms with Crippen LogP contribution in [0.4, 0.5) is 17.6 Å². The van der Waals surface area contributed by atoms with E-state index in [1.807, 2.05) is 0 Å². The highest BCUT2D eigenvalue weighted by atomic mass is 32.2. The maximum absolute atomic E-state index is 11.2. The average molecular weight is 335 g/mol. The molecule has 0 spiro atoms. The quantitative estimate of drug-likeness (QED) is 0.476. The lowest BCUT2D eigenvalue weighted by Crippen LogP contribution is -2.13. The number of nitrogens with one attached hydrogen (secondary N) is 3. The molecule has 2 aromatic rings. The van der Waals surface area contributed by atoms with Gasteiger partial charge in [-0.05, 0) is 17.7 Å². The highest BCUT2D eigenvalue weighted by molar-refractivity contribution is 7.89. The predicted molar refractivity (Wildman–Crippen MR) is 89.0 cm³/mol. The van der Waals surface area contributed by atoms with Crippen LogP contribution in [0, 0.1) is 5.41 Å². The molecule has 0 aliphatic rings. The van der Waals surface area contributed by atoms with Gasteiger partial charge >= 0.3 is 0 Å². The number of hydrogen-bond acceptors (Lipinski definition) is 8. The second kappa shape index (κ2) is 6.58. The lowest BCUT2D eigenvalue weighted by Gasteiger charge is -2.12. The molecular weight excluding hydrogens is 318 g/mol. The molecule has 7 N–H and O–H groups in total. The molecule has 0 amide bonds. The summed E-state index contributed by atoms with van der Waals surface area (Å²) in [4.78, 5) is 8.12. The minimum absolute atomic E-state index is 0.0465. The van der Waals surface area contributed by atoms with Gasteiger partial charge in [0.15, 0.2) is 0 Å². The van der Waals surface area contributed by atoms with Gasteiger partial charge in [0.2, 0.25) is 16.0 Å². The van der Waals surface area contributed by atoms with Gasteiger partial charge < -0.3 is 21.8 Å². The van der Waals surface area contributed by atoms with Crippen molar-refractivity contribution in [2.24, 2.45) is 5.14 Å². The number of aromatic nitrogens is 2. The molecule has 0 saturated heterocycles. The van der Waals surface area contributed by atoms with Crippen molar-refractivity contribution in [1.29, 1.82) is 5.41 Å². The Morgan fingerprint density at radius 1 is 1.22 bits per heavy atom. The third-order valence-electron chi connectivity index (χ3n) is 3.06. The van der Waals surface area contributed by atoms with E-state index in [9.17, 15) is 8.42 Å². The molecule has 0 fully saturated rings. The normalized spacial score (nSPS) is 11.0. The summed E-state index contributed by atoms with van der Waals surface area (Å²) < 4.78 is 22.4. The van der Waals surface area contributed by atoms with Crippen molar-refractivity contribution < 1.29 is 8.42 Å². The standard InChI is InChI=1S/C13H17N7O2S/c1-17-11-10(6-14)12(20-13(15)19-11)18-7-8-2-4-9(5-3-8)23(16,21)22/h2-6,14H,7H2,1H3,(H2,16,21,22)(H4,15,17,18,19,20). The van der Waals surface area contributed by atoms with Crippen molar-refractivity contribution in [3.8, 4) is 0 Å².